The zero-order valence-electron chi connectivity index (χ0n) is 11.2. The lowest BCUT2D eigenvalue weighted by Gasteiger charge is -2.18. The Morgan fingerprint density at radius 1 is 1.39 bits per heavy atom. The van der Waals surface area contributed by atoms with Crippen molar-refractivity contribution in [3.05, 3.63) is 23.8 Å². The summed E-state index contributed by atoms with van der Waals surface area (Å²) in [7, 11) is 0. The van der Waals surface area contributed by atoms with Crippen molar-refractivity contribution in [1.29, 1.82) is 0 Å². The monoisotopic (exact) mass is 251 g/mol. The number of hydrogen-bond donors (Lipinski definition) is 1. The van der Waals surface area contributed by atoms with Gasteiger partial charge in [0.2, 0.25) is 0 Å². The minimum absolute atomic E-state index is 0.318. The van der Waals surface area contributed by atoms with Crippen LogP contribution in [0.3, 0.4) is 0 Å². The number of ether oxygens (including phenoxy) is 2. The van der Waals surface area contributed by atoms with Crippen molar-refractivity contribution in [2.24, 2.45) is 0 Å². The van der Waals surface area contributed by atoms with Crippen molar-refractivity contribution >= 4 is 11.7 Å². The SMILES string of the molecule is CCCC(Oc1cccc(N)c1C)C(=O)OCC. The largest absolute Gasteiger partial charge is 0.478 e. The predicted molar refractivity (Wildman–Crippen MR) is 71.5 cm³/mol. The summed E-state index contributed by atoms with van der Waals surface area (Å²) in [4.78, 5) is 11.8. The van der Waals surface area contributed by atoms with E-state index in [-0.39, 0.29) is 5.97 Å². The molecule has 18 heavy (non-hydrogen) atoms. The Balaban J connectivity index is 2.82. The number of benzene rings is 1. The van der Waals surface area contributed by atoms with Crippen molar-refractivity contribution in [1.82, 2.24) is 0 Å². The summed E-state index contributed by atoms with van der Waals surface area (Å²) in [5.74, 6) is 0.322. The van der Waals surface area contributed by atoms with Crippen molar-refractivity contribution in [3.8, 4) is 5.75 Å². The number of hydrogen-bond acceptors (Lipinski definition) is 4. The topological polar surface area (TPSA) is 61.5 Å². The van der Waals surface area contributed by atoms with Gasteiger partial charge in [0.15, 0.2) is 6.10 Å². The maximum atomic E-state index is 11.8. The van der Waals surface area contributed by atoms with Crippen LogP contribution in [0, 0.1) is 6.92 Å². The molecule has 1 aromatic carbocycles. The third-order valence-corrected chi connectivity index (χ3v) is 2.70. The van der Waals surface area contributed by atoms with Crippen LogP contribution in [0.2, 0.25) is 0 Å². The van der Waals surface area contributed by atoms with E-state index < -0.39 is 6.10 Å². The molecular formula is C14H21NO3. The highest BCUT2D eigenvalue weighted by molar-refractivity contribution is 5.75. The van der Waals surface area contributed by atoms with Gasteiger partial charge in [-0.25, -0.2) is 4.79 Å². The molecule has 0 fully saturated rings. The van der Waals surface area contributed by atoms with Gasteiger partial charge in [-0.1, -0.05) is 19.4 Å². The second-order valence-electron chi connectivity index (χ2n) is 4.12. The average Bonchev–Trinajstić information content (AvgIpc) is 2.34. The fourth-order valence-electron chi connectivity index (χ4n) is 1.63. The van der Waals surface area contributed by atoms with E-state index in [9.17, 15) is 4.79 Å². The van der Waals surface area contributed by atoms with E-state index in [1.807, 2.05) is 26.0 Å². The van der Waals surface area contributed by atoms with E-state index in [1.165, 1.54) is 0 Å². The van der Waals surface area contributed by atoms with E-state index in [0.717, 1.165) is 12.0 Å². The van der Waals surface area contributed by atoms with Gasteiger partial charge < -0.3 is 15.2 Å². The molecule has 1 aromatic rings. The highest BCUT2D eigenvalue weighted by Crippen LogP contribution is 2.25. The van der Waals surface area contributed by atoms with E-state index in [4.69, 9.17) is 15.2 Å². The Kier molecular flexibility index (Phi) is 5.49. The van der Waals surface area contributed by atoms with Gasteiger partial charge in [0.25, 0.3) is 0 Å². The molecule has 0 bridgehead atoms. The summed E-state index contributed by atoms with van der Waals surface area (Å²) in [5, 5.41) is 0. The van der Waals surface area contributed by atoms with Crippen molar-refractivity contribution in [3.63, 3.8) is 0 Å². The quantitative estimate of drug-likeness (QED) is 0.623. The van der Waals surface area contributed by atoms with Crippen LogP contribution in [0.4, 0.5) is 5.69 Å². The molecule has 0 radical (unpaired) electrons. The lowest BCUT2D eigenvalue weighted by Crippen LogP contribution is -2.29. The molecule has 0 spiro atoms. The van der Waals surface area contributed by atoms with Crippen LogP contribution in [0.1, 0.15) is 32.3 Å². The van der Waals surface area contributed by atoms with E-state index >= 15 is 0 Å². The maximum absolute atomic E-state index is 11.8. The van der Waals surface area contributed by atoms with Gasteiger partial charge in [-0.2, -0.15) is 0 Å². The number of nitrogens with two attached hydrogens (primary N) is 1. The molecule has 0 aromatic heterocycles. The Labute approximate surface area is 108 Å². The zero-order chi connectivity index (χ0) is 13.5. The van der Waals surface area contributed by atoms with Gasteiger partial charge in [0.05, 0.1) is 6.61 Å². The lowest BCUT2D eigenvalue weighted by molar-refractivity contribution is -0.151. The molecule has 0 aliphatic carbocycles. The minimum atomic E-state index is -0.560. The summed E-state index contributed by atoms with van der Waals surface area (Å²) in [6, 6.07) is 5.43. The number of rotatable bonds is 6. The molecule has 1 atom stereocenters. The number of nitrogen functional groups attached to an aromatic ring is 1. The van der Waals surface area contributed by atoms with Crippen LogP contribution in [0.15, 0.2) is 18.2 Å². The number of carbonyl (C=O) groups excluding carboxylic acids is 1. The van der Waals surface area contributed by atoms with E-state index in [0.29, 0.717) is 24.5 Å². The molecule has 1 unspecified atom stereocenters. The first-order chi connectivity index (χ1) is 8.60. The summed E-state index contributed by atoms with van der Waals surface area (Å²) in [5.41, 5.74) is 7.32. The third kappa shape index (κ3) is 3.65. The fourth-order valence-corrected chi connectivity index (χ4v) is 1.63. The Hall–Kier alpha value is -1.71. The van der Waals surface area contributed by atoms with Gasteiger partial charge in [-0.3, -0.25) is 0 Å². The fraction of sp³-hybridized carbons (Fsp3) is 0.500. The summed E-state index contributed by atoms with van der Waals surface area (Å²) in [6.45, 7) is 6.02. The van der Waals surface area contributed by atoms with Crippen molar-refractivity contribution in [2.45, 2.75) is 39.7 Å². The third-order valence-electron chi connectivity index (χ3n) is 2.70. The second-order valence-corrected chi connectivity index (χ2v) is 4.12. The summed E-state index contributed by atoms with van der Waals surface area (Å²) in [6.07, 6.45) is 0.924. The highest BCUT2D eigenvalue weighted by atomic mass is 16.6. The molecular weight excluding hydrogens is 230 g/mol. The lowest BCUT2D eigenvalue weighted by atomic mass is 10.1. The molecule has 4 nitrogen and oxygen atoms in total. The van der Waals surface area contributed by atoms with Gasteiger partial charge in [-0.15, -0.1) is 0 Å². The molecule has 0 amide bonds. The number of esters is 1. The Morgan fingerprint density at radius 2 is 2.11 bits per heavy atom. The number of carbonyl (C=O) groups is 1. The average molecular weight is 251 g/mol. The zero-order valence-corrected chi connectivity index (χ0v) is 11.2. The van der Waals surface area contributed by atoms with Crippen molar-refractivity contribution < 1.29 is 14.3 Å². The first-order valence-electron chi connectivity index (χ1n) is 6.28. The summed E-state index contributed by atoms with van der Waals surface area (Å²) >= 11 is 0. The molecule has 0 aliphatic rings. The molecule has 100 valence electrons. The van der Waals surface area contributed by atoms with E-state index in [2.05, 4.69) is 0 Å². The molecule has 0 heterocycles. The highest BCUT2D eigenvalue weighted by Gasteiger charge is 2.21. The van der Waals surface area contributed by atoms with Crippen LogP contribution in [0.5, 0.6) is 5.75 Å². The van der Waals surface area contributed by atoms with Crippen molar-refractivity contribution in [2.75, 3.05) is 12.3 Å². The second kappa shape index (κ2) is 6.89. The predicted octanol–water partition coefficient (Wildman–Crippen LogP) is 2.69. The van der Waals surface area contributed by atoms with Gasteiger partial charge in [0.1, 0.15) is 5.75 Å². The van der Waals surface area contributed by atoms with Crippen LogP contribution in [-0.4, -0.2) is 18.7 Å². The molecule has 0 aliphatic heterocycles. The molecule has 4 heteroatoms. The van der Waals surface area contributed by atoms with Gasteiger partial charge in [0, 0.05) is 11.3 Å². The van der Waals surface area contributed by atoms with Crippen LogP contribution in [0.25, 0.3) is 0 Å². The van der Waals surface area contributed by atoms with Gasteiger partial charge in [-0.05, 0) is 32.4 Å². The van der Waals surface area contributed by atoms with Crippen LogP contribution < -0.4 is 10.5 Å². The normalized spacial score (nSPS) is 11.9. The van der Waals surface area contributed by atoms with Gasteiger partial charge >= 0.3 is 5.97 Å². The standard InChI is InChI=1S/C14H21NO3/c1-4-7-13(14(16)17-5-2)18-12-9-6-8-11(15)10(12)3/h6,8-9,13H,4-5,7,15H2,1-3H3. The Morgan fingerprint density at radius 3 is 2.72 bits per heavy atom. The number of anilines is 1. The van der Waals surface area contributed by atoms with Crippen LogP contribution >= 0.6 is 0 Å². The molecule has 0 saturated carbocycles. The minimum Gasteiger partial charge on any atom is -0.478 e. The first kappa shape index (κ1) is 14.4. The van der Waals surface area contributed by atoms with E-state index in [1.54, 1.807) is 13.0 Å². The molecule has 0 saturated heterocycles. The molecule has 2 N–H and O–H groups in total. The summed E-state index contributed by atoms with van der Waals surface area (Å²) < 4.78 is 10.7. The first-order valence-corrected chi connectivity index (χ1v) is 6.28. The van der Waals surface area contributed by atoms with Crippen LogP contribution in [-0.2, 0) is 9.53 Å². The Bertz CT molecular complexity index is 404. The molecule has 1 rings (SSSR count). The smallest absolute Gasteiger partial charge is 0.347 e. The maximum Gasteiger partial charge on any atom is 0.347 e.